The first kappa shape index (κ1) is 20.5. The van der Waals surface area contributed by atoms with E-state index >= 15 is 0 Å². The number of hydrogen-bond acceptors (Lipinski definition) is 3. The van der Waals surface area contributed by atoms with Crippen LogP contribution < -0.4 is 10.6 Å². The van der Waals surface area contributed by atoms with Gasteiger partial charge < -0.3 is 20.3 Å². The third-order valence-corrected chi connectivity index (χ3v) is 5.05. The van der Waals surface area contributed by atoms with Gasteiger partial charge in [0.1, 0.15) is 0 Å². The van der Waals surface area contributed by atoms with E-state index in [1.54, 1.807) is 0 Å². The normalized spacial score (nSPS) is 22.2. The van der Waals surface area contributed by atoms with Crippen LogP contribution in [0.25, 0.3) is 0 Å². The Balaban J connectivity index is 1.48. The maximum Gasteiger partial charge on any atom is 0.191 e. The van der Waals surface area contributed by atoms with Crippen molar-refractivity contribution in [2.75, 3.05) is 52.5 Å². The highest BCUT2D eigenvalue weighted by molar-refractivity contribution is 5.79. The van der Waals surface area contributed by atoms with E-state index in [1.807, 2.05) is 0 Å². The van der Waals surface area contributed by atoms with Crippen molar-refractivity contribution in [3.8, 4) is 0 Å². The van der Waals surface area contributed by atoms with Crippen molar-refractivity contribution in [2.45, 2.75) is 58.8 Å². The highest BCUT2D eigenvalue weighted by Gasteiger charge is 2.20. The molecule has 2 aliphatic rings. The summed E-state index contributed by atoms with van der Waals surface area (Å²) in [6.07, 6.45) is 9.00. The Bertz CT molecular complexity index is 371. The third kappa shape index (κ3) is 10.0. The molecule has 0 radical (unpaired) electrons. The lowest BCUT2D eigenvalue weighted by Crippen LogP contribution is -2.38. The third-order valence-electron chi connectivity index (χ3n) is 5.05. The van der Waals surface area contributed by atoms with Crippen molar-refractivity contribution in [3.05, 3.63) is 0 Å². The van der Waals surface area contributed by atoms with Crippen LogP contribution in [0.2, 0.25) is 0 Å². The number of rotatable bonds is 12. The maximum absolute atomic E-state index is 5.66. The molecule has 146 valence electrons. The largest absolute Gasteiger partial charge is 0.381 e. The van der Waals surface area contributed by atoms with Gasteiger partial charge in [-0.3, -0.25) is 4.99 Å². The summed E-state index contributed by atoms with van der Waals surface area (Å²) >= 11 is 0. The number of aliphatic imine (C=N–C) groups is 1. The molecule has 5 heteroatoms. The van der Waals surface area contributed by atoms with E-state index in [0.717, 1.165) is 57.1 Å². The molecule has 0 aromatic heterocycles. The van der Waals surface area contributed by atoms with Crippen molar-refractivity contribution >= 4 is 5.96 Å². The van der Waals surface area contributed by atoms with E-state index in [1.165, 1.54) is 58.2 Å². The summed E-state index contributed by atoms with van der Waals surface area (Å²) in [5.41, 5.74) is 0. The van der Waals surface area contributed by atoms with Crippen molar-refractivity contribution in [1.82, 2.24) is 15.5 Å². The fourth-order valence-corrected chi connectivity index (χ4v) is 3.39. The van der Waals surface area contributed by atoms with Crippen LogP contribution in [0, 0.1) is 11.8 Å². The zero-order chi connectivity index (χ0) is 17.7. The van der Waals surface area contributed by atoms with E-state index in [-0.39, 0.29) is 0 Å². The molecule has 1 aliphatic heterocycles. The van der Waals surface area contributed by atoms with Gasteiger partial charge in [-0.15, -0.1) is 0 Å². The van der Waals surface area contributed by atoms with Gasteiger partial charge in [0.05, 0.1) is 0 Å². The van der Waals surface area contributed by atoms with Gasteiger partial charge >= 0.3 is 0 Å². The van der Waals surface area contributed by atoms with E-state index < -0.39 is 0 Å². The Kier molecular flexibility index (Phi) is 10.3. The standard InChI is InChI=1S/C20H40N4O/c1-3-21-20(23-12-7-15-25-17-19-9-10-19)22-11-4-5-13-24-14-6-8-18(2)16-24/h18-19H,3-17H2,1-2H3,(H2,21,22,23). The second-order valence-corrected chi connectivity index (χ2v) is 7.81. The number of unbranched alkanes of at least 4 members (excludes halogenated alkanes) is 1. The van der Waals surface area contributed by atoms with Crippen LogP contribution >= 0.6 is 0 Å². The quantitative estimate of drug-likeness (QED) is 0.322. The number of piperidine rings is 1. The van der Waals surface area contributed by atoms with E-state index in [2.05, 4.69) is 34.4 Å². The van der Waals surface area contributed by atoms with Crippen LogP contribution in [-0.4, -0.2) is 63.3 Å². The average Bonchev–Trinajstić information content (AvgIpc) is 3.42. The van der Waals surface area contributed by atoms with Gasteiger partial charge in [-0.2, -0.15) is 0 Å². The first-order valence-electron chi connectivity index (χ1n) is 10.6. The lowest BCUT2D eigenvalue weighted by atomic mass is 10.0. The number of nitrogens with zero attached hydrogens (tertiary/aromatic N) is 2. The Labute approximate surface area is 155 Å². The molecule has 0 aromatic rings. The molecule has 1 aliphatic carbocycles. The summed E-state index contributed by atoms with van der Waals surface area (Å²) < 4.78 is 5.66. The Morgan fingerprint density at radius 2 is 2.04 bits per heavy atom. The lowest BCUT2D eigenvalue weighted by Gasteiger charge is -2.30. The zero-order valence-electron chi connectivity index (χ0n) is 16.6. The highest BCUT2D eigenvalue weighted by atomic mass is 16.5. The number of guanidine groups is 1. The Morgan fingerprint density at radius 3 is 2.80 bits per heavy atom. The summed E-state index contributed by atoms with van der Waals surface area (Å²) in [6, 6.07) is 0. The Hall–Kier alpha value is -0.810. The predicted octanol–water partition coefficient (Wildman–Crippen LogP) is 2.87. The molecule has 1 saturated heterocycles. The average molecular weight is 353 g/mol. The minimum absolute atomic E-state index is 0.839. The number of hydrogen-bond donors (Lipinski definition) is 2. The van der Waals surface area contributed by atoms with Gasteiger partial charge in [-0.1, -0.05) is 6.92 Å². The molecule has 0 amide bonds. The van der Waals surface area contributed by atoms with Gasteiger partial charge in [-0.05, 0) is 76.8 Å². The lowest BCUT2D eigenvalue weighted by molar-refractivity contribution is 0.123. The van der Waals surface area contributed by atoms with Crippen LogP contribution in [0.4, 0.5) is 0 Å². The van der Waals surface area contributed by atoms with Crippen LogP contribution in [0.3, 0.4) is 0 Å². The molecule has 0 spiro atoms. The molecule has 5 nitrogen and oxygen atoms in total. The molecule has 1 unspecified atom stereocenters. The van der Waals surface area contributed by atoms with Crippen LogP contribution in [-0.2, 0) is 4.74 Å². The minimum atomic E-state index is 0.839. The smallest absolute Gasteiger partial charge is 0.191 e. The van der Waals surface area contributed by atoms with Gasteiger partial charge in [-0.25, -0.2) is 0 Å². The predicted molar refractivity (Wildman–Crippen MR) is 106 cm³/mol. The van der Waals surface area contributed by atoms with Gasteiger partial charge in [0.15, 0.2) is 5.96 Å². The summed E-state index contributed by atoms with van der Waals surface area (Å²) in [4.78, 5) is 7.28. The minimum Gasteiger partial charge on any atom is -0.381 e. The SMILES string of the molecule is CCNC(=NCCCOCC1CC1)NCCCCN1CCCC(C)C1. The van der Waals surface area contributed by atoms with E-state index in [0.29, 0.717) is 0 Å². The topological polar surface area (TPSA) is 48.9 Å². The molecule has 1 saturated carbocycles. The molecule has 2 rings (SSSR count). The number of likely N-dealkylation sites (tertiary alicyclic amines) is 1. The summed E-state index contributed by atoms with van der Waals surface area (Å²) in [6.45, 7) is 12.9. The van der Waals surface area contributed by atoms with Gasteiger partial charge in [0, 0.05) is 39.4 Å². The first-order chi connectivity index (χ1) is 12.3. The van der Waals surface area contributed by atoms with Crippen molar-refractivity contribution < 1.29 is 4.74 Å². The number of nitrogens with one attached hydrogen (secondary N) is 2. The monoisotopic (exact) mass is 352 g/mol. The maximum atomic E-state index is 5.66. The van der Waals surface area contributed by atoms with Gasteiger partial charge in [0.2, 0.25) is 0 Å². The first-order valence-corrected chi connectivity index (χ1v) is 10.6. The fourth-order valence-electron chi connectivity index (χ4n) is 3.39. The second-order valence-electron chi connectivity index (χ2n) is 7.81. The van der Waals surface area contributed by atoms with E-state index in [9.17, 15) is 0 Å². The van der Waals surface area contributed by atoms with Crippen LogP contribution in [0.5, 0.6) is 0 Å². The summed E-state index contributed by atoms with van der Waals surface area (Å²) in [5.74, 6) is 2.69. The molecule has 1 heterocycles. The van der Waals surface area contributed by atoms with Crippen molar-refractivity contribution in [3.63, 3.8) is 0 Å². The van der Waals surface area contributed by atoms with E-state index in [4.69, 9.17) is 4.74 Å². The van der Waals surface area contributed by atoms with Crippen LogP contribution in [0.1, 0.15) is 58.8 Å². The molecular formula is C20H40N4O. The molecule has 2 N–H and O–H groups in total. The second kappa shape index (κ2) is 12.5. The summed E-state index contributed by atoms with van der Waals surface area (Å²) in [7, 11) is 0. The van der Waals surface area contributed by atoms with Crippen molar-refractivity contribution in [2.24, 2.45) is 16.8 Å². The molecule has 0 aromatic carbocycles. The zero-order valence-corrected chi connectivity index (χ0v) is 16.6. The van der Waals surface area contributed by atoms with Gasteiger partial charge in [0.25, 0.3) is 0 Å². The Morgan fingerprint density at radius 1 is 1.16 bits per heavy atom. The number of ether oxygens (including phenoxy) is 1. The molecule has 0 bridgehead atoms. The van der Waals surface area contributed by atoms with Crippen molar-refractivity contribution in [1.29, 1.82) is 0 Å². The summed E-state index contributed by atoms with van der Waals surface area (Å²) in [5, 5.41) is 6.80. The molecular weight excluding hydrogens is 312 g/mol. The molecule has 25 heavy (non-hydrogen) atoms. The molecule has 1 atom stereocenters. The fraction of sp³-hybridized carbons (Fsp3) is 0.950. The van der Waals surface area contributed by atoms with Crippen LogP contribution in [0.15, 0.2) is 4.99 Å². The molecule has 2 fully saturated rings. The highest BCUT2D eigenvalue weighted by Crippen LogP contribution is 2.28.